The molecule has 7 heteroatoms. The van der Waals surface area contributed by atoms with Gasteiger partial charge in [-0.3, -0.25) is 0 Å². The molecule has 14 heavy (non-hydrogen) atoms. The van der Waals surface area contributed by atoms with Crippen molar-refractivity contribution in [2.45, 2.75) is 12.9 Å². The summed E-state index contributed by atoms with van der Waals surface area (Å²) in [5.74, 6) is -1.57. The standard InChI is InChI=1S/C7H7F3N2O2/c8-7(9,10)14-6-5(13)1-4(2-11)3-12-6/h1,3,13H,2,11H2. The Hall–Kier alpha value is -1.50. The number of aromatic nitrogens is 1. The summed E-state index contributed by atoms with van der Waals surface area (Å²) in [5, 5.41) is 9.04. The molecule has 0 saturated carbocycles. The molecule has 0 aliphatic carbocycles. The van der Waals surface area contributed by atoms with Crippen molar-refractivity contribution in [1.82, 2.24) is 4.98 Å². The van der Waals surface area contributed by atoms with E-state index in [-0.39, 0.29) is 6.54 Å². The Balaban J connectivity index is 2.89. The number of ether oxygens (including phenoxy) is 1. The summed E-state index contributed by atoms with van der Waals surface area (Å²) >= 11 is 0. The van der Waals surface area contributed by atoms with Crippen LogP contribution in [0.25, 0.3) is 0 Å². The number of rotatable bonds is 2. The topological polar surface area (TPSA) is 68.4 Å². The molecule has 1 rings (SSSR count). The highest BCUT2D eigenvalue weighted by atomic mass is 19.4. The van der Waals surface area contributed by atoms with Crippen molar-refractivity contribution < 1.29 is 23.0 Å². The third-order valence-electron chi connectivity index (χ3n) is 1.34. The number of hydrogen-bond donors (Lipinski definition) is 2. The molecule has 1 heterocycles. The van der Waals surface area contributed by atoms with Crippen LogP contribution in [0.15, 0.2) is 12.3 Å². The van der Waals surface area contributed by atoms with Gasteiger partial charge in [0.1, 0.15) is 0 Å². The van der Waals surface area contributed by atoms with E-state index in [0.717, 1.165) is 12.3 Å². The van der Waals surface area contributed by atoms with Crippen LogP contribution >= 0.6 is 0 Å². The maximum Gasteiger partial charge on any atom is 0.574 e. The van der Waals surface area contributed by atoms with Gasteiger partial charge in [0.2, 0.25) is 0 Å². The lowest BCUT2D eigenvalue weighted by molar-refractivity contribution is -0.276. The zero-order chi connectivity index (χ0) is 10.8. The van der Waals surface area contributed by atoms with E-state index in [1.54, 1.807) is 0 Å². The van der Waals surface area contributed by atoms with E-state index >= 15 is 0 Å². The second-order valence-electron chi connectivity index (χ2n) is 2.42. The number of nitrogens with two attached hydrogens (primary N) is 1. The Morgan fingerprint density at radius 1 is 1.50 bits per heavy atom. The summed E-state index contributed by atoms with van der Waals surface area (Å²) in [6.45, 7) is 0.0762. The molecule has 0 radical (unpaired) electrons. The summed E-state index contributed by atoms with van der Waals surface area (Å²) in [6.07, 6.45) is -3.77. The van der Waals surface area contributed by atoms with Gasteiger partial charge in [0, 0.05) is 12.7 Å². The normalized spacial score (nSPS) is 11.4. The molecule has 3 N–H and O–H groups in total. The molecule has 0 aliphatic rings. The maximum absolute atomic E-state index is 11.7. The van der Waals surface area contributed by atoms with Gasteiger partial charge in [-0.1, -0.05) is 0 Å². The highest BCUT2D eigenvalue weighted by Crippen LogP contribution is 2.29. The number of alkyl halides is 3. The first-order chi connectivity index (χ1) is 6.42. The third-order valence-corrected chi connectivity index (χ3v) is 1.34. The quantitative estimate of drug-likeness (QED) is 0.764. The minimum atomic E-state index is -4.87. The molecule has 0 amide bonds. The van der Waals surface area contributed by atoms with Gasteiger partial charge in [-0.15, -0.1) is 13.2 Å². The lowest BCUT2D eigenvalue weighted by Crippen LogP contribution is -2.18. The minimum Gasteiger partial charge on any atom is -0.503 e. The highest BCUT2D eigenvalue weighted by Gasteiger charge is 2.33. The first-order valence-corrected chi connectivity index (χ1v) is 3.56. The molecule has 0 aliphatic heterocycles. The van der Waals surface area contributed by atoms with E-state index in [2.05, 4.69) is 9.72 Å². The number of hydrogen-bond acceptors (Lipinski definition) is 4. The molecule has 78 valence electrons. The van der Waals surface area contributed by atoms with Crippen LogP contribution in [-0.4, -0.2) is 16.5 Å². The van der Waals surface area contributed by atoms with Gasteiger partial charge in [0.05, 0.1) is 0 Å². The van der Waals surface area contributed by atoms with Gasteiger partial charge < -0.3 is 15.6 Å². The Morgan fingerprint density at radius 3 is 2.57 bits per heavy atom. The Kier molecular flexibility index (Phi) is 2.80. The summed E-state index contributed by atoms with van der Waals surface area (Å²) in [7, 11) is 0. The van der Waals surface area contributed by atoms with Gasteiger partial charge in [-0.2, -0.15) is 0 Å². The van der Waals surface area contributed by atoms with Crippen molar-refractivity contribution in [3.63, 3.8) is 0 Å². The van der Waals surface area contributed by atoms with Crippen molar-refractivity contribution in [3.05, 3.63) is 17.8 Å². The van der Waals surface area contributed by atoms with Gasteiger partial charge in [0.25, 0.3) is 5.88 Å². The average molecular weight is 208 g/mol. The van der Waals surface area contributed by atoms with Gasteiger partial charge in [-0.05, 0) is 11.6 Å². The number of aromatic hydroxyl groups is 1. The van der Waals surface area contributed by atoms with Crippen LogP contribution in [0.2, 0.25) is 0 Å². The van der Waals surface area contributed by atoms with Crippen molar-refractivity contribution in [3.8, 4) is 11.6 Å². The molecular formula is C7H7F3N2O2. The second kappa shape index (κ2) is 3.70. The summed E-state index contributed by atoms with van der Waals surface area (Å²) < 4.78 is 38.5. The molecule has 0 fully saturated rings. The SMILES string of the molecule is NCc1cnc(OC(F)(F)F)c(O)c1. The Morgan fingerprint density at radius 2 is 2.14 bits per heavy atom. The van der Waals surface area contributed by atoms with Crippen molar-refractivity contribution in [1.29, 1.82) is 0 Å². The molecule has 0 saturated heterocycles. The molecule has 0 bridgehead atoms. The molecule has 0 aromatic carbocycles. The van der Waals surface area contributed by atoms with Crippen LogP contribution in [0, 0.1) is 0 Å². The third kappa shape index (κ3) is 2.77. The minimum absolute atomic E-state index is 0.0762. The molecule has 0 atom stereocenters. The summed E-state index contributed by atoms with van der Waals surface area (Å²) in [5.41, 5.74) is 5.60. The van der Waals surface area contributed by atoms with Crippen LogP contribution in [0.1, 0.15) is 5.56 Å². The van der Waals surface area contributed by atoms with Gasteiger partial charge >= 0.3 is 6.36 Å². The molecule has 1 aromatic heterocycles. The number of nitrogens with zero attached hydrogens (tertiary/aromatic N) is 1. The predicted octanol–water partition coefficient (Wildman–Crippen LogP) is 1.14. The monoisotopic (exact) mass is 208 g/mol. The van der Waals surface area contributed by atoms with E-state index in [0.29, 0.717) is 5.56 Å². The molecule has 0 spiro atoms. The van der Waals surface area contributed by atoms with Crippen LogP contribution in [-0.2, 0) is 6.54 Å². The average Bonchev–Trinajstić information content (AvgIpc) is 2.06. The fraction of sp³-hybridized carbons (Fsp3) is 0.286. The van der Waals surface area contributed by atoms with Crippen LogP contribution < -0.4 is 10.5 Å². The van der Waals surface area contributed by atoms with Crippen molar-refractivity contribution in [2.24, 2.45) is 5.73 Å². The van der Waals surface area contributed by atoms with Gasteiger partial charge in [-0.25, -0.2) is 4.98 Å². The number of pyridine rings is 1. The van der Waals surface area contributed by atoms with Crippen molar-refractivity contribution in [2.75, 3.05) is 0 Å². The summed E-state index contributed by atoms with van der Waals surface area (Å²) in [4.78, 5) is 3.26. The first kappa shape index (κ1) is 10.6. The predicted molar refractivity (Wildman–Crippen MR) is 40.5 cm³/mol. The Labute approximate surface area is 77.1 Å². The molecule has 1 aromatic rings. The molecule has 4 nitrogen and oxygen atoms in total. The fourth-order valence-electron chi connectivity index (χ4n) is 0.782. The molecular weight excluding hydrogens is 201 g/mol. The van der Waals surface area contributed by atoms with Crippen molar-refractivity contribution >= 4 is 0 Å². The Bertz CT molecular complexity index is 327. The van der Waals surface area contributed by atoms with E-state index in [4.69, 9.17) is 10.8 Å². The first-order valence-electron chi connectivity index (χ1n) is 3.56. The van der Waals surface area contributed by atoms with Gasteiger partial charge in [0.15, 0.2) is 5.75 Å². The lowest BCUT2D eigenvalue weighted by Gasteiger charge is -2.09. The smallest absolute Gasteiger partial charge is 0.503 e. The lowest BCUT2D eigenvalue weighted by atomic mass is 10.3. The zero-order valence-electron chi connectivity index (χ0n) is 6.88. The summed E-state index contributed by atoms with van der Waals surface area (Å²) in [6, 6.07) is 1.06. The van der Waals surface area contributed by atoms with Crippen LogP contribution in [0.3, 0.4) is 0 Å². The second-order valence-corrected chi connectivity index (χ2v) is 2.42. The van der Waals surface area contributed by atoms with Crippen LogP contribution in [0.5, 0.6) is 11.6 Å². The zero-order valence-corrected chi connectivity index (χ0v) is 6.88. The van der Waals surface area contributed by atoms with E-state index in [1.165, 1.54) is 0 Å². The molecule has 0 unspecified atom stereocenters. The van der Waals surface area contributed by atoms with Crippen LogP contribution in [0.4, 0.5) is 13.2 Å². The van der Waals surface area contributed by atoms with E-state index < -0.39 is 18.0 Å². The van der Waals surface area contributed by atoms with E-state index in [1.807, 2.05) is 0 Å². The highest BCUT2D eigenvalue weighted by molar-refractivity contribution is 5.34. The van der Waals surface area contributed by atoms with E-state index in [9.17, 15) is 13.2 Å². The number of halogens is 3. The largest absolute Gasteiger partial charge is 0.574 e. The fourth-order valence-corrected chi connectivity index (χ4v) is 0.782. The maximum atomic E-state index is 11.7.